The quantitative estimate of drug-likeness (QED) is 0.890. The molecule has 2 atom stereocenters. The number of aryl methyl sites for hydroxylation is 1. The third kappa shape index (κ3) is 3.33. The molecule has 0 radical (unpaired) electrons. The lowest BCUT2D eigenvalue weighted by atomic mass is 9.91. The third-order valence-electron chi connectivity index (χ3n) is 3.48. The average molecular weight is 282 g/mol. The second kappa shape index (κ2) is 5.83. The van der Waals surface area contributed by atoms with Crippen LogP contribution in [-0.2, 0) is 6.42 Å². The van der Waals surface area contributed by atoms with Gasteiger partial charge in [0, 0.05) is 10.5 Å². The molecule has 16 heavy (non-hydrogen) atoms. The molecule has 0 spiro atoms. The van der Waals surface area contributed by atoms with Gasteiger partial charge in [0.05, 0.1) is 0 Å². The number of rotatable bonds is 3. The van der Waals surface area contributed by atoms with Crippen LogP contribution in [-0.4, -0.2) is 12.6 Å². The summed E-state index contributed by atoms with van der Waals surface area (Å²) in [5.41, 5.74) is 1.43. The van der Waals surface area contributed by atoms with Crippen molar-refractivity contribution in [3.05, 3.63) is 34.3 Å². The van der Waals surface area contributed by atoms with Crippen molar-refractivity contribution in [1.82, 2.24) is 5.32 Å². The Bertz CT molecular complexity index is 337. The highest BCUT2D eigenvalue weighted by Crippen LogP contribution is 2.21. The Morgan fingerprint density at radius 2 is 2.19 bits per heavy atom. The molecule has 2 unspecified atom stereocenters. The van der Waals surface area contributed by atoms with E-state index in [4.69, 9.17) is 0 Å². The van der Waals surface area contributed by atoms with E-state index in [0.717, 1.165) is 12.0 Å². The second-order valence-electron chi connectivity index (χ2n) is 4.91. The highest BCUT2D eigenvalue weighted by atomic mass is 79.9. The number of benzene rings is 1. The van der Waals surface area contributed by atoms with Crippen LogP contribution >= 0.6 is 15.9 Å². The van der Waals surface area contributed by atoms with Gasteiger partial charge in [-0.05, 0) is 49.8 Å². The molecule has 1 aromatic carbocycles. The van der Waals surface area contributed by atoms with Crippen molar-refractivity contribution in [2.45, 2.75) is 38.6 Å². The van der Waals surface area contributed by atoms with Crippen LogP contribution in [0.25, 0.3) is 0 Å². The number of piperidine rings is 1. The summed E-state index contributed by atoms with van der Waals surface area (Å²) >= 11 is 3.61. The first kappa shape index (κ1) is 12.1. The van der Waals surface area contributed by atoms with Crippen molar-refractivity contribution in [2.24, 2.45) is 5.92 Å². The van der Waals surface area contributed by atoms with Crippen molar-refractivity contribution in [2.75, 3.05) is 6.54 Å². The molecule has 88 valence electrons. The second-order valence-corrected chi connectivity index (χ2v) is 5.77. The molecule has 1 fully saturated rings. The fraction of sp³-hybridized carbons (Fsp3) is 0.571. The molecule has 2 heteroatoms. The van der Waals surface area contributed by atoms with Gasteiger partial charge in [-0.2, -0.15) is 0 Å². The van der Waals surface area contributed by atoms with E-state index >= 15 is 0 Å². The van der Waals surface area contributed by atoms with Crippen LogP contribution in [0.15, 0.2) is 28.7 Å². The molecular weight excluding hydrogens is 262 g/mol. The van der Waals surface area contributed by atoms with E-state index in [9.17, 15) is 0 Å². The predicted molar refractivity (Wildman–Crippen MR) is 72.7 cm³/mol. The van der Waals surface area contributed by atoms with Crippen LogP contribution in [0.3, 0.4) is 0 Å². The van der Waals surface area contributed by atoms with E-state index in [1.807, 2.05) is 0 Å². The summed E-state index contributed by atoms with van der Waals surface area (Å²) in [5.74, 6) is 0.894. The predicted octanol–water partition coefficient (Wildman–Crippen LogP) is 3.77. The first-order chi connectivity index (χ1) is 7.75. The van der Waals surface area contributed by atoms with Crippen molar-refractivity contribution in [3.63, 3.8) is 0 Å². The molecular formula is C14H20BrN. The Morgan fingerprint density at radius 3 is 2.94 bits per heavy atom. The zero-order valence-corrected chi connectivity index (χ0v) is 11.5. The summed E-state index contributed by atoms with van der Waals surface area (Å²) in [6, 6.07) is 9.27. The van der Waals surface area contributed by atoms with Crippen LogP contribution < -0.4 is 5.32 Å². The lowest BCUT2D eigenvalue weighted by Gasteiger charge is -2.28. The third-order valence-corrected chi connectivity index (χ3v) is 4.25. The van der Waals surface area contributed by atoms with E-state index < -0.39 is 0 Å². The summed E-state index contributed by atoms with van der Waals surface area (Å²) < 4.78 is 1.25. The first-order valence-corrected chi connectivity index (χ1v) is 7.02. The Labute approximate surface area is 107 Å². The first-order valence-electron chi connectivity index (χ1n) is 6.22. The van der Waals surface area contributed by atoms with E-state index in [2.05, 4.69) is 52.4 Å². The maximum atomic E-state index is 3.62. The molecule has 0 aliphatic carbocycles. The summed E-state index contributed by atoms with van der Waals surface area (Å²) in [7, 11) is 0. The zero-order valence-electron chi connectivity index (χ0n) is 9.88. The molecule has 1 aromatic rings. The van der Waals surface area contributed by atoms with Crippen molar-refractivity contribution in [1.29, 1.82) is 0 Å². The zero-order chi connectivity index (χ0) is 11.4. The van der Waals surface area contributed by atoms with Crippen molar-refractivity contribution < 1.29 is 0 Å². The van der Waals surface area contributed by atoms with Gasteiger partial charge >= 0.3 is 0 Å². The smallest absolute Gasteiger partial charge is 0.0207 e. The van der Waals surface area contributed by atoms with Crippen LogP contribution in [0.1, 0.15) is 31.7 Å². The topological polar surface area (TPSA) is 12.0 Å². The number of hydrogen-bond donors (Lipinski definition) is 1. The minimum absolute atomic E-state index is 0.718. The summed E-state index contributed by atoms with van der Waals surface area (Å²) in [5, 5.41) is 3.62. The Balaban J connectivity index is 1.85. The fourth-order valence-corrected chi connectivity index (χ4v) is 2.95. The highest BCUT2D eigenvalue weighted by molar-refractivity contribution is 9.10. The molecule has 0 saturated carbocycles. The van der Waals surface area contributed by atoms with Gasteiger partial charge < -0.3 is 5.32 Å². The van der Waals surface area contributed by atoms with E-state index in [-0.39, 0.29) is 0 Å². The maximum absolute atomic E-state index is 3.62. The largest absolute Gasteiger partial charge is 0.314 e. The summed E-state index contributed by atoms with van der Waals surface area (Å²) in [6.45, 7) is 3.56. The number of halogens is 1. The van der Waals surface area contributed by atoms with E-state index in [1.165, 1.54) is 42.3 Å². The molecule has 1 aliphatic rings. The average Bonchev–Trinajstić information content (AvgIpc) is 2.28. The molecule has 0 amide bonds. The van der Waals surface area contributed by atoms with Crippen LogP contribution in [0.4, 0.5) is 0 Å². The molecule has 1 aliphatic heterocycles. The Morgan fingerprint density at radius 1 is 1.38 bits per heavy atom. The normalized spacial score (nSPS) is 25.6. The van der Waals surface area contributed by atoms with Gasteiger partial charge in [0.2, 0.25) is 0 Å². The van der Waals surface area contributed by atoms with Gasteiger partial charge in [-0.25, -0.2) is 0 Å². The van der Waals surface area contributed by atoms with Crippen LogP contribution in [0.5, 0.6) is 0 Å². The standard InChI is InChI=1S/C14H20BrN/c1-11-8-9-16-13(10-11)7-6-12-4-2-3-5-14(12)15/h2-5,11,13,16H,6-10H2,1H3. The van der Waals surface area contributed by atoms with Gasteiger partial charge in [0.25, 0.3) is 0 Å². The van der Waals surface area contributed by atoms with Gasteiger partial charge in [-0.1, -0.05) is 41.1 Å². The van der Waals surface area contributed by atoms with Crippen LogP contribution in [0, 0.1) is 5.92 Å². The van der Waals surface area contributed by atoms with Crippen molar-refractivity contribution >= 4 is 15.9 Å². The van der Waals surface area contributed by atoms with Gasteiger partial charge in [-0.15, -0.1) is 0 Å². The number of hydrogen-bond acceptors (Lipinski definition) is 1. The van der Waals surface area contributed by atoms with E-state index in [1.54, 1.807) is 0 Å². The molecule has 1 saturated heterocycles. The van der Waals surface area contributed by atoms with Gasteiger partial charge in [-0.3, -0.25) is 0 Å². The minimum Gasteiger partial charge on any atom is -0.314 e. The summed E-state index contributed by atoms with van der Waals surface area (Å²) in [4.78, 5) is 0. The monoisotopic (exact) mass is 281 g/mol. The molecule has 1 N–H and O–H groups in total. The van der Waals surface area contributed by atoms with Crippen molar-refractivity contribution in [3.8, 4) is 0 Å². The minimum atomic E-state index is 0.718. The Hall–Kier alpha value is -0.340. The van der Waals surface area contributed by atoms with Crippen LogP contribution in [0.2, 0.25) is 0 Å². The number of nitrogens with one attached hydrogen (secondary N) is 1. The summed E-state index contributed by atoms with van der Waals surface area (Å²) in [6.07, 6.45) is 5.11. The molecule has 0 aromatic heterocycles. The lowest BCUT2D eigenvalue weighted by Crippen LogP contribution is -2.37. The van der Waals surface area contributed by atoms with Gasteiger partial charge in [0.1, 0.15) is 0 Å². The molecule has 1 nitrogen and oxygen atoms in total. The maximum Gasteiger partial charge on any atom is 0.0207 e. The highest BCUT2D eigenvalue weighted by Gasteiger charge is 2.17. The fourth-order valence-electron chi connectivity index (χ4n) is 2.47. The van der Waals surface area contributed by atoms with E-state index in [0.29, 0.717) is 0 Å². The molecule has 0 bridgehead atoms. The Kier molecular flexibility index (Phi) is 4.42. The molecule has 2 rings (SSSR count). The SMILES string of the molecule is CC1CCNC(CCc2ccccc2Br)C1. The molecule has 1 heterocycles. The lowest BCUT2D eigenvalue weighted by molar-refractivity contribution is 0.308. The van der Waals surface area contributed by atoms with Gasteiger partial charge in [0.15, 0.2) is 0 Å².